The summed E-state index contributed by atoms with van der Waals surface area (Å²) >= 11 is 0. The monoisotopic (exact) mass is 416 g/mol. The zero-order chi connectivity index (χ0) is 21.0. The van der Waals surface area contributed by atoms with Crippen LogP contribution in [0.5, 0.6) is 0 Å². The third kappa shape index (κ3) is 3.00. The molecule has 0 aliphatic heterocycles. The molecule has 3 aromatic heterocycles. The number of pyridine rings is 2. The van der Waals surface area contributed by atoms with E-state index >= 15 is 0 Å². The van der Waals surface area contributed by atoms with Gasteiger partial charge in [-0.15, -0.1) is 0 Å². The first-order chi connectivity index (χ1) is 14.4. The molecule has 0 aromatic carbocycles. The molecular formula is C21H19F3N4O2. The van der Waals surface area contributed by atoms with Crippen molar-refractivity contribution in [3.8, 4) is 11.3 Å². The molecule has 0 spiro atoms. The van der Waals surface area contributed by atoms with Crippen LogP contribution in [-0.2, 0) is 4.79 Å². The first-order valence-electron chi connectivity index (χ1n) is 9.90. The number of nitrogens with zero attached hydrogens (tertiary/aromatic N) is 2. The van der Waals surface area contributed by atoms with Crippen LogP contribution in [-0.4, -0.2) is 32.1 Å². The lowest BCUT2D eigenvalue weighted by molar-refractivity contribution is -0.148. The molecule has 6 nitrogen and oxygen atoms in total. The molecule has 0 saturated heterocycles. The second kappa shape index (κ2) is 7.00. The number of anilines is 1. The van der Waals surface area contributed by atoms with Crippen molar-refractivity contribution in [2.45, 2.75) is 31.7 Å². The van der Waals surface area contributed by atoms with E-state index in [1.165, 1.54) is 12.3 Å². The third-order valence-electron chi connectivity index (χ3n) is 6.49. The van der Waals surface area contributed by atoms with Crippen molar-refractivity contribution in [1.29, 1.82) is 0 Å². The van der Waals surface area contributed by atoms with Crippen LogP contribution in [0.1, 0.15) is 25.7 Å². The molecule has 9 heteroatoms. The minimum absolute atomic E-state index is 0.0376. The minimum Gasteiger partial charge on any atom is -0.481 e. The van der Waals surface area contributed by atoms with E-state index in [0.29, 0.717) is 17.1 Å². The summed E-state index contributed by atoms with van der Waals surface area (Å²) in [4.78, 5) is 22.7. The van der Waals surface area contributed by atoms with Crippen LogP contribution >= 0.6 is 0 Å². The number of hydrogen-bond donors (Lipinski definition) is 3. The van der Waals surface area contributed by atoms with E-state index in [9.17, 15) is 23.1 Å². The first-order valence-corrected chi connectivity index (χ1v) is 9.90. The Hall–Kier alpha value is -3.10. The summed E-state index contributed by atoms with van der Waals surface area (Å²) in [6, 6.07) is 1.44. The number of aromatic amines is 1. The molecule has 0 radical (unpaired) electrons. The van der Waals surface area contributed by atoms with Crippen LogP contribution in [0.4, 0.5) is 19.0 Å². The topological polar surface area (TPSA) is 90.9 Å². The van der Waals surface area contributed by atoms with Crippen molar-refractivity contribution in [2.24, 2.45) is 17.8 Å². The number of carboxylic acid groups (broad SMARTS) is 1. The summed E-state index contributed by atoms with van der Waals surface area (Å²) in [5, 5.41) is 13.0. The van der Waals surface area contributed by atoms with Gasteiger partial charge in [-0.1, -0.05) is 0 Å². The van der Waals surface area contributed by atoms with Crippen molar-refractivity contribution in [1.82, 2.24) is 15.0 Å². The maximum absolute atomic E-state index is 14.6. The van der Waals surface area contributed by atoms with Crippen LogP contribution in [0.3, 0.4) is 0 Å². The van der Waals surface area contributed by atoms with Gasteiger partial charge in [0.25, 0.3) is 0 Å². The Bertz CT molecular complexity index is 1140. The molecule has 3 saturated carbocycles. The fourth-order valence-electron chi connectivity index (χ4n) is 5.10. The van der Waals surface area contributed by atoms with E-state index in [0.717, 1.165) is 31.9 Å². The highest BCUT2D eigenvalue weighted by Crippen LogP contribution is 2.46. The van der Waals surface area contributed by atoms with E-state index in [2.05, 4.69) is 20.3 Å². The van der Waals surface area contributed by atoms with Crippen molar-refractivity contribution in [3.05, 3.63) is 42.0 Å². The van der Waals surface area contributed by atoms with Crippen molar-refractivity contribution < 1.29 is 23.1 Å². The largest absolute Gasteiger partial charge is 0.481 e. The zero-order valence-corrected chi connectivity index (χ0v) is 15.8. The molecule has 0 unspecified atom stereocenters. The predicted octanol–water partition coefficient (Wildman–Crippen LogP) is 4.34. The Labute approximate surface area is 169 Å². The Kier molecular flexibility index (Phi) is 4.41. The molecule has 0 amide bonds. The average Bonchev–Trinajstić information content (AvgIpc) is 3.13. The maximum Gasteiger partial charge on any atom is 0.308 e. The number of aromatic nitrogens is 3. The molecular weight excluding hydrogens is 397 g/mol. The molecule has 3 N–H and O–H groups in total. The lowest BCUT2D eigenvalue weighted by Crippen LogP contribution is -2.51. The van der Waals surface area contributed by atoms with Gasteiger partial charge in [0.15, 0.2) is 17.5 Å². The minimum atomic E-state index is -0.914. The average molecular weight is 416 g/mol. The Morgan fingerprint density at radius 1 is 1.10 bits per heavy atom. The second-order valence-corrected chi connectivity index (χ2v) is 8.11. The van der Waals surface area contributed by atoms with Gasteiger partial charge in [0.05, 0.1) is 12.1 Å². The lowest BCUT2D eigenvalue weighted by atomic mass is 9.61. The van der Waals surface area contributed by atoms with Gasteiger partial charge >= 0.3 is 5.97 Å². The Morgan fingerprint density at radius 2 is 1.83 bits per heavy atom. The first kappa shape index (κ1) is 18.9. The summed E-state index contributed by atoms with van der Waals surface area (Å²) in [6.07, 6.45) is 5.90. The van der Waals surface area contributed by atoms with Crippen molar-refractivity contribution in [3.63, 3.8) is 0 Å². The number of halogens is 3. The molecule has 2 atom stereocenters. The highest BCUT2D eigenvalue weighted by molar-refractivity contribution is 5.92. The highest BCUT2D eigenvalue weighted by Gasteiger charge is 2.47. The molecule has 6 rings (SSSR count). The third-order valence-corrected chi connectivity index (χ3v) is 6.49. The van der Waals surface area contributed by atoms with E-state index in [1.807, 2.05) is 0 Å². The summed E-state index contributed by atoms with van der Waals surface area (Å²) in [6.45, 7) is 0. The highest BCUT2D eigenvalue weighted by atomic mass is 19.1. The molecule has 3 fully saturated rings. The van der Waals surface area contributed by atoms with Crippen LogP contribution in [0, 0.1) is 35.2 Å². The molecule has 2 bridgehead atoms. The fourth-order valence-corrected chi connectivity index (χ4v) is 5.10. The number of carbonyl (C=O) groups is 1. The SMILES string of the molecule is O=C(O)[C@@H]1C2CCC(CC2)[C@@H]1Nc1nc(-c2c[nH]c3ncc(F)cc23)c(F)cc1F. The summed E-state index contributed by atoms with van der Waals surface area (Å²) in [7, 11) is 0. The lowest BCUT2D eigenvalue weighted by Gasteiger charge is -2.47. The van der Waals surface area contributed by atoms with Crippen LogP contribution < -0.4 is 5.32 Å². The quantitative estimate of drug-likeness (QED) is 0.589. The van der Waals surface area contributed by atoms with Gasteiger partial charge < -0.3 is 15.4 Å². The number of H-pyrrole nitrogens is 1. The molecule has 3 heterocycles. The number of nitrogens with one attached hydrogen (secondary N) is 2. The number of rotatable bonds is 4. The summed E-state index contributed by atoms with van der Waals surface area (Å²) < 4.78 is 42.8. The van der Waals surface area contributed by atoms with Crippen molar-refractivity contribution >= 4 is 22.8 Å². The van der Waals surface area contributed by atoms with Gasteiger partial charge in [-0.25, -0.2) is 23.1 Å². The fraction of sp³-hybridized carbons (Fsp3) is 0.381. The molecule has 3 aromatic rings. The van der Waals surface area contributed by atoms with E-state index in [4.69, 9.17) is 0 Å². The molecule has 3 aliphatic carbocycles. The predicted molar refractivity (Wildman–Crippen MR) is 103 cm³/mol. The van der Waals surface area contributed by atoms with Gasteiger partial charge in [-0.3, -0.25) is 4.79 Å². The van der Waals surface area contributed by atoms with Gasteiger partial charge in [0.2, 0.25) is 0 Å². The number of carboxylic acids is 1. The Morgan fingerprint density at radius 3 is 2.57 bits per heavy atom. The van der Waals surface area contributed by atoms with Gasteiger partial charge in [-0.05, 0) is 43.6 Å². The zero-order valence-electron chi connectivity index (χ0n) is 15.8. The van der Waals surface area contributed by atoms with E-state index < -0.39 is 35.4 Å². The number of hydrogen-bond acceptors (Lipinski definition) is 4. The molecule has 156 valence electrons. The van der Waals surface area contributed by atoms with Gasteiger partial charge in [-0.2, -0.15) is 0 Å². The Balaban J connectivity index is 1.55. The normalized spacial score (nSPS) is 25.6. The van der Waals surface area contributed by atoms with E-state index in [1.54, 1.807) is 0 Å². The maximum atomic E-state index is 14.6. The van der Waals surface area contributed by atoms with Crippen molar-refractivity contribution in [2.75, 3.05) is 5.32 Å². The van der Waals surface area contributed by atoms with Gasteiger partial charge in [0.1, 0.15) is 17.2 Å². The van der Waals surface area contributed by atoms with Crippen LogP contribution in [0.2, 0.25) is 0 Å². The van der Waals surface area contributed by atoms with Gasteiger partial charge in [0, 0.05) is 29.3 Å². The van der Waals surface area contributed by atoms with Crippen LogP contribution in [0.15, 0.2) is 24.5 Å². The molecule has 30 heavy (non-hydrogen) atoms. The number of aliphatic carboxylic acids is 1. The smallest absolute Gasteiger partial charge is 0.308 e. The summed E-state index contributed by atoms with van der Waals surface area (Å²) in [5.41, 5.74) is 0.435. The van der Waals surface area contributed by atoms with Crippen LogP contribution in [0.25, 0.3) is 22.3 Å². The van der Waals surface area contributed by atoms with E-state index in [-0.39, 0.29) is 28.9 Å². The second-order valence-electron chi connectivity index (χ2n) is 8.11. The summed E-state index contributed by atoms with van der Waals surface area (Å²) in [5.74, 6) is -4.01. The molecule has 3 aliphatic rings. The number of fused-ring (bicyclic) bond motifs is 4. The standard InChI is InChI=1S/C21H19F3N4O2/c22-11-5-12-13(8-26-19(12)25-7-11)18-14(23)6-15(24)20(28-18)27-17-10-3-1-9(2-4-10)16(17)21(29)30/h5-10,16-17H,1-4H2,(H,25,26)(H,27,28)(H,29,30)/t9?,10?,16-,17+/m1/s1.